The molecule has 120 valence electrons. The molecule has 0 heterocycles. The molecule has 0 spiro atoms. The van der Waals surface area contributed by atoms with Crippen molar-refractivity contribution < 1.29 is 14.2 Å². The quantitative estimate of drug-likeness (QED) is 0.616. The van der Waals surface area contributed by atoms with Crippen LogP contribution in [0.25, 0.3) is 0 Å². The molecule has 1 atom stereocenters. The van der Waals surface area contributed by atoms with E-state index in [0.717, 1.165) is 29.6 Å². The first-order valence-corrected chi connectivity index (χ1v) is 8.13. The average molecular weight is 360 g/mol. The van der Waals surface area contributed by atoms with Gasteiger partial charge in [-0.15, -0.1) is 0 Å². The monoisotopic (exact) mass is 359 g/mol. The summed E-state index contributed by atoms with van der Waals surface area (Å²) < 4.78 is 17.1. The first kappa shape index (κ1) is 18.4. The Morgan fingerprint density at radius 2 is 2.05 bits per heavy atom. The van der Waals surface area contributed by atoms with Crippen LogP contribution in [-0.2, 0) is 15.9 Å². The fourth-order valence-corrected chi connectivity index (χ4v) is 2.41. The zero-order valence-electron chi connectivity index (χ0n) is 13.2. The lowest BCUT2D eigenvalue weighted by molar-refractivity contribution is 0.0587. The molecular formula is C16H26BrNO3. The summed E-state index contributed by atoms with van der Waals surface area (Å²) in [4.78, 5) is 0. The van der Waals surface area contributed by atoms with E-state index in [-0.39, 0.29) is 6.04 Å². The fourth-order valence-electron chi connectivity index (χ4n) is 2.01. The molecule has 0 radical (unpaired) electrons. The number of benzene rings is 1. The van der Waals surface area contributed by atoms with E-state index in [4.69, 9.17) is 14.2 Å². The van der Waals surface area contributed by atoms with Crippen LogP contribution in [-0.4, -0.2) is 46.6 Å². The van der Waals surface area contributed by atoms with E-state index in [0.29, 0.717) is 19.8 Å². The van der Waals surface area contributed by atoms with Crippen molar-refractivity contribution in [3.8, 4) is 5.75 Å². The molecular weight excluding hydrogens is 334 g/mol. The van der Waals surface area contributed by atoms with Gasteiger partial charge < -0.3 is 19.5 Å². The summed E-state index contributed by atoms with van der Waals surface area (Å²) in [7, 11) is 3.37. The molecule has 1 aromatic rings. The second-order valence-corrected chi connectivity index (χ2v) is 5.73. The Kier molecular flexibility index (Phi) is 9.67. The van der Waals surface area contributed by atoms with E-state index < -0.39 is 0 Å². The van der Waals surface area contributed by atoms with Gasteiger partial charge in [0.25, 0.3) is 0 Å². The van der Waals surface area contributed by atoms with Crippen molar-refractivity contribution in [2.45, 2.75) is 25.8 Å². The average Bonchev–Trinajstić information content (AvgIpc) is 2.50. The highest BCUT2D eigenvalue weighted by Crippen LogP contribution is 2.23. The highest BCUT2D eigenvalue weighted by molar-refractivity contribution is 9.10. The molecule has 0 bridgehead atoms. The molecule has 1 unspecified atom stereocenters. The Hall–Kier alpha value is -0.620. The molecule has 0 aliphatic carbocycles. The number of hydrogen-bond acceptors (Lipinski definition) is 4. The van der Waals surface area contributed by atoms with Crippen molar-refractivity contribution in [2.75, 3.05) is 40.6 Å². The van der Waals surface area contributed by atoms with E-state index in [2.05, 4.69) is 34.2 Å². The van der Waals surface area contributed by atoms with Gasteiger partial charge in [0.1, 0.15) is 5.75 Å². The lowest BCUT2D eigenvalue weighted by Crippen LogP contribution is -2.36. The largest absolute Gasteiger partial charge is 0.497 e. The molecule has 0 aliphatic rings. The van der Waals surface area contributed by atoms with Crippen molar-refractivity contribution in [2.24, 2.45) is 0 Å². The van der Waals surface area contributed by atoms with Crippen molar-refractivity contribution in [1.82, 2.24) is 5.32 Å². The Labute approximate surface area is 136 Å². The molecule has 0 saturated heterocycles. The van der Waals surface area contributed by atoms with Crippen LogP contribution in [0.4, 0.5) is 0 Å². The van der Waals surface area contributed by atoms with Gasteiger partial charge in [0.2, 0.25) is 0 Å². The van der Waals surface area contributed by atoms with E-state index >= 15 is 0 Å². The number of hydrogen-bond donors (Lipinski definition) is 1. The van der Waals surface area contributed by atoms with Crippen molar-refractivity contribution in [3.05, 3.63) is 28.2 Å². The van der Waals surface area contributed by atoms with E-state index in [1.54, 1.807) is 14.2 Å². The van der Waals surface area contributed by atoms with Gasteiger partial charge >= 0.3 is 0 Å². The maximum Gasteiger partial charge on any atom is 0.119 e. The molecule has 1 aromatic carbocycles. The van der Waals surface area contributed by atoms with Gasteiger partial charge in [-0.1, -0.05) is 22.9 Å². The molecule has 1 rings (SSSR count). The van der Waals surface area contributed by atoms with Gasteiger partial charge in [-0.2, -0.15) is 0 Å². The summed E-state index contributed by atoms with van der Waals surface area (Å²) in [5.41, 5.74) is 1.22. The molecule has 21 heavy (non-hydrogen) atoms. The molecule has 0 amide bonds. The molecule has 0 aliphatic heterocycles. The lowest BCUT2D eigenvalue weighted by Gasteiger charge is -2.20. The SMILES string of the molecule is CCCNC(COCCOC)Cc1cc(OC)ccc1Br. The van der Waals surface area contributed by atoms with E-state index in [1.807, 2.05) is 12.1 Å². The second-order valence-electron chi connectivity index (χ2n) is 4.88. The van der Waals surface area contributed by atoms with E-state index in [1.165, 1.54) is 5.56 Å². The van der Waals surface area contributed by atoms with Crippen LogP contribution in [0.15, 0.2) is 22.7 Å². The third kappa shape index (κ3) is 7.27. The van der Waals surface area contributed by atoms with Crippen LogP contribution >= 0.6 is 15.9 Å². The van der Waals surface area contributed by atoms with Crippen LogP contribution in [0, 0.1) is 0 Å². The van der Waals surface area contributed by atoms with Gasteiger partial charge in [0, 0.05) is 17.6 Å². The minimum atomic E-state index is 0.283. The number of ether oxygens (including phenoxy) is 3. The Balaban J connectivity index is 2.61. The highest BCUT2D eigenvalue weighted by atomic mass is 79.9. The topological polar surface area (TPSA) is 39.7 Å². The van der Waals surface area contributed by atoms with Crippen molar-refractivity contribution in [1.29, 1.82) is 0 Å². The zero-order valence-corrected chi connectivity index (χ0v) is 14.7. The zero-order chi connectivity index (χ0) is 15.5. The molecule has 4 nitrogen and oxygen atoms in total. The predicted octanol–water partition coefficient (Wildman–Crippen LogP) is 3.03. The molecule has 0 aromatic heterocycles. The smallest absolute Gasteiger partial charge is 0.119 e. The summed E-state index contributed by atoms with van der Waals surface area (Å²) in [6, 6.07) is 6.33. The first-order chi connectivity index (χ1) is 10.2. The number of halogens is 1. The molecule has 1 N–H and O–H groups in total. The Morgan fingerprint density at radius 1 is 1.24 bits per heavy atom. The third-order valence-electron chi connectivity index (χ3n) is 3.15. The number of rotatable bonds is 11. The Morgan fingerprint density at radius 3 is 2.71 bits per heavy atom. The van der Waals surface area contributed by atoms with Crippen LogP contribution in [0.1, 0.15) is 18.9 Å². The van der Waals surface area contributed by atoms with Gasteiger partial charge in [0.15, 0.2) is 0 Å². The lowest BCUT2D eigenvalue weighted by atomic mass is 10.1. The standard InChI is InChI=1S/C16H26BrNO3/c1-4-7-18-14(12-21-9-8-19-2)10-13-11-15(20-3)5-6-16(13)17/h5-6,11,14,18H,4,7-10,12H2,1-3H3. The predicted molar refractivity (Wildman–Crippen MR) is 89.2 cm³/mol. The van der Waals surface area contributed by atoms with Crippen LogP contribution in [0.2, 0.25) is 0 Å². The van der Waals surface area contributed by atoms with Crippen LogP contribution < -0.4 is 10.1 Å². The van der Waals surface area contributed by atoms with Crippen molar-refractivity contribution >= 4 is 15.9 Å². The second kappa shape index (κ2) is 11.0. The minimum absolute atomic E-state index is 0.283. The molecule has 0 saturated carbocycles. The fraction of sp³-hybridized carbons (Fsp3) is 0.625. The van der Waals surface area contributed by atoms with Crippen molar-refractivity contribution in [3.63, 3.8) is 0 Å². The maximum atomic E-state index is 5.67. The Bertz CT molecular complexity index is 401. The maximum absolute atomic E-state index is 5.67. The van der Waals surface area contributed by atoms with Gasteiger partial charge in [0.05, 0.1) is 26.9 Å². The molecule has 5 heteroatoms. The third-order valence-corrected chi connectivity index (χ3v) is 3.93. The van der Waals surface area contributed by atoms with Gasteiger partial charge in [-0.05, 0) is 43.1 Å². The highest BCUT2D eigenvalue weighted by Gasteiger charge is 2.12. The number of nitrogens with one attached hydrogen (secondary N) is 1. The van der Waals surface area contributed by atoms with E-state index in [9.17, 15) is 0 Å². The summed E-state index contributed by atoms with van der Waals surface area (Å²) in [6.07, 6.45) is 2.00. The summed E-state index contributed by atoms with van der Waals surface area (Å²) in [5, 5.41) is 3.53. The van der Waals surface area contributed by atoms with Gasteiger partial charge in [-0.25, -0.2) is 0 Å². The van der Waals surface area contributed by atoms with Crippen LogP contribution in [0.3, 0.4) is 0 Å². The minimum Gasteiger partial charge on any atom is -0.497 e. The van der Waals surface area contributed by atoms with Gasteiger partial charge in [-0.3, -0.25) is 0 Å². The summed E-state index contributed by atoms with van der Waals surface area (Å²) in [5.74, 6) is 0.878. The van der Waals surface area contributed by atoms with Crippen LogP contribution in [0.5, 0.6) is 5.75 Å². The molecule has 0 fully saturated rings. The normalized spacial score (nSPS) is 12.4. The summed E-state index contributed by atoms with van der Waals surface area (Å²) in [6.45, 7) is 5.08. The first-order valence-electron chi connectivity index (χ1n) is 7.33. The summed E-state index contributed by atoms with van der Waals surface area (Å²) >= 11 is 3.61. The number of methoxy groups -OCH3 is 2.